The number of hydrogen-bond acceptors (Lipinski definition) is 5. The first-order chi connectivity index (χ1) is 15.3. The van der Waals surface area contributed by atoms with E-state index in [0.29, 0.717) is 18.7 Å². The van der Waals surface area contributed by atoms with Gasteiger partial charge >= 0.3 is 0 Å². The molecule has 0 unspecified atom stereocenters. The molecule has 174 valence electrons. The number of nitrogens with one attached hydrogen (secondary N) is 2. The summed E-state index contributed by atoms with van der Waals surface area (Å²) >= 11 is 0. The Bertz CT molecular complexity index is 1030. The Morgan fingerprint density at radius 2 is 1.78 bits per heavy atom. The van der Waals surface area contributed by atoms with Gasteiger partial charge in [-0.25, -0.2) is 13.1 Å². The van der Waals surface area contributed by atoms with Gasteiger partial charge in [-0.05, 0) is 62.2 Å². The number of sulfonamides is 1. The first-order valence-electron chi connectivity index (χ1n) is 11.2. The van der Waals surface area contributed by atoms with Crippen molar-refractivity contribution in [2.24, 2.45) is 0 Å². The van der Waals surface area contributed by atoms with E-state index in [2.05, 4.69) is 51.0 Å². The van der Waals surface area contributed by atoms with Crippen molar-refractivity contribution in [2.75, 3.05) is 50.7 Å². The molecule has 0 bridgehead atoms. The lowest BCUT2D eigenvalue weighted by Gasteiger charge is -2.36. The molecule has 2 aromatic carbocycles. The predicted molar refractivity (Wildman–Crippen MR) is 129 cm³/mol. The number of aryl methyl sites for hydroxylation is 2. The molecule has 1 amide bonds. The lowest BCUT2D eigenvalue weighted by atomic mass is 10.1. The third kappa shape index (κ3) is 6.31. The Balaban J connectivity index is 1.45. The summed E-state index contributed by atoms with van der Waals surface area (Å²) < 4.78 is 26.9. The van der Waals surface area contributed by atoms with Gasteiger partial charge in [-0.2, -0.15) is 0 Å². The Labute approximate surface area is 191 Å². The summed E-state index contributed by atoms with van der Waals surface area (Å²) in [6, 6.07) is 13.3. The minimum absolute atomic E-state index is 0.113. The molecule has 1 heterocycles. The van der Waals surface area contributed by atoms with Crippen LogP contribution in [0.5, 0.6) is 0 Å². The number of carbonyl (C=O) groups is 1. The zero-order valence-electron chi connectivity index (χ0n) is 19.2. The van der Waals surface area contributed by atoms with Crippen LogP contribution in [0.25, 0.3) is 0 Å². The minimum Gasteiger partial charge on any atom is -0.369 e. The Hall–Kier alpha value is -2.42. The van der Waals surface area contributed by atoms with Crippen molar-refractivity contribution in [2.45, 2.75) is 32.1 Å². The van der Waals surface area contributed by atoms with E-state index in [1.807, 2.05) is 6.92 Å². The molecule has 0 radical (unpaired) electrons. The average Bonchev–Trinajstić information content (AvgIpc) is 2.77. The fourth-order valence-corrected chi connectivity index (χ4v) is 5.01. The number of benzene rings is 2. The SMILES string of the molecule is CCNS(=O)(=O)c1ccc(C)c(C(=O)NCCCN2CCN(c3cccc(C)c3)CC2)c1. The zero-order valence-corrected chi connectivity index (χ0v) is 20.0. The van der Waals surface area contributed by atoms with Gasteiger partial charge in [0.15, 0.2) is 0 Å². The maximum atomic E-state index is 12.6. The Kier molecular flexibility index (Phi) is 8.28. The second-order valence-corrected chi connectivity index (χ2v) is 10.0. The number of piperazine rings is 1. The fourth-order valence-electron chi connectivity index (χ4n) is 3.94. The second kappa shape index (κ2) is 10.9. The summed E-state index contributed by atoms with van der Waals surface area (Å²) in [4.78, 5) is 17.6. The van der Waals surface area contributed by atoms with Crippen molar-refractivity contribution < 1.29 is 13.2 Å². The first kappa shape index (κ1) is 24.2. The molecule has 0 atom stereocenters. The smallest absolute Gasteiger partial charge is 0.251 e. The summed E-state index contributed by atoms with van der Waals surface area (Å²) in [7, 11) is -3.59. The van der Waals surface area contributed by atoms with Gasteiger partial charge in [0.2, 0.25) is 10.0 Å². The van der Waals surface area contributed by atoms with Gasteiger partial charge < -0.3 is 10.2 Å². The van der Waals surface area contributed by atoms with Gasteiger partial charge in [0.25, 0.3) is 5.91 Å². The molecule has 0 aromatic heterocycles. The fraction of sp³-hybridized carbons (Fsp3) is 0.458. The van der Waals surface area contributed by atoms with Crippen molar-refractivity contribution in [3.63, 3.8) is 0 Å². The summed E-state index contributed by atoms with van der Waals surface area (Å²) in [6.45, 7) is 11.5. The van der Waals surface area contributed by atoms with Crippen LogP contribution in [0, 0.1) is 13.8 Å². The van der Waals surface area contributed by atoms with E-state index in [-0.39, 0.29) is 10.8 Å². The number of anilines is 1. The van der Waals surface area contributed by atoms with Crippen LogP contribution in [0.1, 0.15) is 34.8 Å². The summed E-state index contributed by atoms with van der Waals surface area (Å²) in [5.74, 6) is -0.236. The van der Waals surface area contributed by atoms with Crippen LogP contribution in [0.3, 0.4) is 0 Å². The molecule has 1 saturated heterocycles. The highest BCUT2D eigenvalue weighted by molar-refractivity contribution is 7.89. The molecule has 3 rings (SSSR count). The molecule has 1 aliphatic heterocycles. The topological polar surface area (TPSA) is 81.7 Å². The van der Waals surface area contributed by atoms with E-state index in [9.17, 15) is 13.2 Å². The van der Waals surface area contributed by atoms with Gasteiger partial charge in [0, 0.05) is 50.5 Å². The highest BCUT2D eigenvalue weighted by atomic mass is 32.2. The highest BCUT2D eigenvalue weighted by Gasteiger charge is 2.18. The normalized spacial score (nSPS) is 15.0. The number of amides is 1. The van der Waals surface area contributed by atoms with E-state index in [1.165, 1.54) is 23.4 Å². The maximum Gasteiger partial charge on any atom is 0.251 e. The van der Waals surface area contributed by atoms with E-state index < -0.39 is 10.0 Å². The van der Waals surface area contributed by atoms with Crippen LogP contribution in [-0.4, -0.2) is 65.0 Å². The van der Waals surface area contributed by atoms with Crippen LogP contribution in [0.15, 0.2) is 47.4 Å². The maximum absolute atomic E-state index is 12.6. The van der Waals surface area contributed by atoms with Crippen LogP contribution < -0.4 is 14.9 Å². The van der Waals surface area contributed by atoms with Crippen molar-refractivity contribution in [1.82, 2.24) is 14.9 Å². The molecule has 0 spiro atoms. The van der Waals surface area contributed by atoms with Gasteiger partial charge in [0.1, 0.15) is 0 Å². The van der Waals surface area contributed by atoms with Crippen LogP contribution in [0.4, 0.5) is 5.69 Å². The lowest BCUT2D eigenvalue weighted by molar-refractivity contribution is 0.0950. The number of rotatable bonds is 9. The van der Waals surface area contributed by atoms with Crippen LogP contribution in [-0.2, 0) is 10.0 Å². The number of nitrogens with zero attached hydrogens (tertiary/aromatic N) is 2. The third-order valence-electron chi connectivity index (χ3n) is 5.77. The Morgan fingerprint density at radius 3 is 2.47 bits per heavy atom. The molecule has 0 saturated carbocycles. The molecule has 2 N–H and O–H groups in total. The molecular formula is C24H34N4O3S. The van der Waals surface area contributed by atoms with Gasteiger partial charge in [-0.15, -0.1) is 0 Å². The minimum atomic E-state index is -3.59. The van der Waals surface area contributed by atoms with Gasteiger partial charge in [0.05, 0.1) is 4.90 Å². The highest BCUT2D eigenvalue weighted by Crippen LogP contribution is 2.18. The van der Waals surface area contributed by atoms with Gasteiger partial charge in [-0.3, -0.25) is 9.69 Å². The zero-order chi connectivity index (χ0) is 23.1. The number of hydrogen-bond donors (Lipinski definition) is 2. The lowest BCUT2D eigenvalue weighted by Crippen LogP contribution is -2.47. The molecule has 7 nitrogen and oxygen atoms in total. The molecule has 1 fully saturated rings. The molecular weight excluding hydrogens is 424 g/mol. The largest absolute Gasteiger partial charge is 0.369 e. The van der Waals surface area contributed by atoms with Gasteiger partial charge in [-0.1, -0.05) is 25.1 Å². The monoisotopic (exact) mass is 458 g/mol. The predicted octanol–water partition coefficient (Wildman–Crippen LogP) is 2.54. The van der Waals surface area contributed by atoms with E-state index in [0.717, 1.165) is 44.7 Å². The van der Waals surface area contributed by atoms with Crippen LogP contribution in [0.2, 0.25) is 0 Å². The average molecular weight is 459 g/mol. The van der Waals surface area contributed by atoms with Crippen LogP contribution >= 0.6 is 0 Å². The Morgan fingerprint density at radius 1 is 1.03 bits per heavy atom. The number of carbonyl (C=O) groups excluding carboxylic acids is 1. The molecule has 32 heavy (non-hydrogen) atoms. The second-order valence-electron chi connectivity index (χ2n) is 8.26. The van der Waals surface area contributed by atoms with Crippen molar-refractivity contribution >= 4 is 21.6 Å². The molecule has 2 aromatic rings. The third-order valence-corrected chi connectivity index (χ3v) is 7.32. The van der Waals surface area contributed by atoms with E-state index >= 15 is 0 Å². The molecule has 1 aliphatic rings. The quantitative estimate of drug-likeness (QED) is 0.565. The van der Waals surface area contributed by atoms with Crippen molar-refractivity contribution in [3.8, 4) is 0 Å². The first-order valence-corrected chi connectivity index (χ1v) is 12.7. The van der Waals surface area contributed by atoms with Crippen molar-refractivity contribution in [1.29, 1.82) is 0 Å². The molecule has 0 aliphatic carbocycles. The summed E-state index contributed by atoms with van der Waals surface area (Å²) in [5, 5.41) is 2.94. The van der Waals surface area contributed by atoms with E-state index in [1.54, 1.807) is 13.0 Å². The van der Waals surface area contributed by atoms with E-state index in [4.69, 9.17) is 0 Å². The standard InChI is InChI=1S/C24H34N4O3S/c1-4-26-32(30,31)22-10-9-20(3)23(18-22)24(29)25-11-6-12-27-13-15-28(16-14-27)21-8-5-7-19(2)17-21/h5,7-10,17-18,26H,4,6,11-16H2,1-3H3,(H,25,29). The summed E-state index contributed by atoms with van der Waals surface area (Å²) in [5.41, 5.74) is 3.72. The summed E-state index contributed by atoms with van der Waals surface area (Å²) in [6.07, 6.45) is 0.852. The van der Waals surface area contributed by atoms with Crippen molar-refractivity contribution in [3.05, 3.63) is 59.2 Å². The molecule has 8 heteroatoms.